The zero-order chi connectivity index (χ0) is 22.1. The standard InChI is InChI=1S/C22H21F3N4O2/c23-22(24,25)20-27-18(28-31-20)16-7-9-17(10-8-16)29-14-4-12-21(29,19(26)30)13-11-15-5-2-1-3-6-15/h1-3,5-10H,4,11-14H2,(H2,26,30). The first-order valence-electron chi connectivity index (χ1n) is 9.92. The van der Waals surface area contributed by atoms with E-state index in [9.17, 15) is 18.0 Å². The van der Waals surface area contributed by atoms with Crippen LogP contribution < -0.4 is 10.6 Å². The number of alkyl halides is 3. The molecule has 0 saturated carbocycles. The van der Waals surface area contributed by atoms with Gasteiger partial charge < -0.3 is 15.2 Å². The van der Waals surface area contributed by atoms with Gasteiger partial charge in [-0.1, -0.05) is 35.5 Å². The molecule has 31 heavy (non-hydrogen) atoms. The van der Waals surface area contributed by atoms with Gasteiger partial charge in [0, 0.05) is 17.8 Å². The zero-order valence-electron chi connectivity index (χ0n) is 16.6. The lowest BCUT2D eigenvalue weighted by Gasteiger charge is -2.37. The SMILES string of the molecule is NC(=O)C1(CCc2ccccc2)CCCN1c1ccc(-c2noc(C(F)(F)F)n2)cc1. The number of aromatic nitrogens is 2. The molecule has 2 heterocycles. The van der Waals surface area contributed by atoms with E-state index < -0.39 is 17.6 Å². The average molecular weight is 430 g/mol. The lowest BCUT2D eigenvalue weighted by Crippen LogP contribution is -2.54. The predicted molar refractivity (Wildman–Crippen MR) is 108 cm³/mol. The third-order valence-electron chi connectivity index (χ3n) is 5.72. The van der Waals surface area contributed by atoms with Gasteiger partial charge in [0.25, 0.3) is 0 Å². The number of hydrogen-bond acceptors (Lipinski definition) is 5. The van der Waals surface area contributed by atoms with Crippen LogP contribution in [0.15, 0.2) is 59.1 Å². The quantitative estimate of drug-likeness (QED) is 0.633. The predicted octanol–water partition coefficient (Wildman–Crippen LogP) is 4.21. The van der Waals surface area contributed by atoms with Crippen LogP contribution in [0.3, 0.4) is 0 Å². The van der Waals surface area contributed by atoms with E-state index in [0.29, 0.717) is 31.4 Å². The van der Waals surface area contributed by atoms with E-state index in [4.69, 9.17) is 5.73 Å². The Bertz CT molecular complexity index is 1050. The molecule has 9 heteroatoms. The average Bonchev–Trinajstić information content (AvgIpc) is 3.41. The molecule has 1 amide bonds. The highest BCUT2D eigenvalue weighted by Gasteiger charge is 2.45. The lowest BCUT2D eigenvalue weighted by atomic mass is 9.87. The number of nitrogens with two attached hydrogens (primary N) is 1. The van der Waals surface area contributed by atoms with Crippen molar-refractivity contribution in [3.8, 4) is 11.4 Å². The first kappa shape index (κ1) is 20.9. The molecule has 1 aromatic heterocycles. The maximum atomic E-state index is 12.7. The second-order valence-electron chi connectivity index (χ2n) is 7.60. The number of benzene rings is 2. The number of nitrogens with zero attached hydrogens (tertiary/aromatic N) is 3. The van der Waals surface area contributed by atoms with E-state index in [2.05, 4.69) is 14.7 Å². The van der Waals surface area contributed by atoms with Crippen molar-refractivity contribution >= 4 is 11.6 Å². The second kappa shape index (κ2) is 8.05. The third-order valence-corrected chi connectivity index (χ3v) is 5.72. The van der Waals surface area contributed by atoms with Crippen LogP contribution in [0.2, 0.25) is 0 Å². The van der Waals surface area contributed by atoms with Crippen molar-refractivity contribution < 1.29 is 22.5 Å². The molecular weight excluding hydrogens is 409 g/mol. The monoisotopic (exact) mass is 430 g/mol. The molecule has 1 unspecified atom stereocenters. The molecule has 1 fully saturated rings. The van der Waals surface area contributed by atoms with Crippen LogP contribution in [0.5, 0.6) is 0 Å². The van der Waals surface area contributed by atoms with Crippen LogP contribution in [-0.4, -0.2) is 28.1 Å². The summed E-state index contributed by atoms with van der Waals surface area (Å²) in [6, 6.07) is 16.6. The van der Waals surface area contributed by atoms with Gasteiger partial charge in [-0.2, -0.15) is 18.2 Å². The Labute approximate surface area is 176 Å². The van der Waals surface area contributed by atoms with Crippen molar-refractivity contribution in [3.05, 3.63) is 66.1 Å². The van der Waals surface area contributed by atoms with E-state index in [1.165, 1.54) is 0 Å². The Morgan fingerprint density at radius 1 is 1.13 bits per heavy atom. The van der Waals surface area contributed by atoms with Gasteiger partial charge in [0.1, 0.15) is 5.54 Å². The molecule has 6 nitrogen and oxygen atoms in total. The summed E-state index contributed by atoms with van der Waals surface area (Å²) in [7, 11) is 0. The maximum Gasteiger partial charge on any atom is 0.471 e. The van der Waals surface area contributed by atoms with Crippen molar-refractivity contribution in [2.24, 2.45) is 5.73 Å². The Morgan fingerprint density at radius 3 is 2.45 bits per heavy atom. The van der Waals surface area contributed by atoms with Crippen LogP contribution >= 0.6 is 0 Å². The molecule has 2 aromatic carbocycles. The lowest BCUT2D eigenvalue weighted by molar-refractivity contribution is -0.159. The molecule has 4 rings (SSSR count). The van der Waals surface area contributed by atoms with Crippen LogP contribution in [0.1, 0.15) is 30.7 Å². The normalized spacial score (nSPS) is 19.0. The largest absolute Gasteiger partial charge is 0.471 e. The molecule has 3 aromatic rings. The molecule has 1 atom stereocenters. The molecule has 0 aliphatic carbocycles. The van der Waals surface area contributed by atoms with E-state index in [-0.39, 0.29) is 11.7 Å². The number of rotatable bonds is 6. The number of aryl methyl sites for hydroxylation is 1. The summed E-state index contributed by atoms with van der Waals surface area (Å²) < 4.78 is 42.4. The molecule has 2 N–H and O–H groups in total. The van der Waals surface area contributed by atoms with Crippen molar-refractivity contribution in [2.75, 3.05) is 11.4 Å². The van der Waals surface area contributed by atoms with Gasteiger partial charge in [0.15, 0.2) is 0 Å². The molecule has 0 radical (unpaired) electrons. The van der Waals surface area contributed by atoms with Gasteiger partial charge >= 0.3 is 12.1 Å². The highest BCUT2D eigenvalue weighted by Crippen LogP contribution is 2.38. The van der Waals surface area contributed by atoms with E-state index in [1.54, 1.807) is 24.3 Å². The number of amides is 1. The Balaban J connectivity index is 1.57. The molecule has 0 bridgehead atoms. The van der Waals surface area contributed by atoms with Gasteiger partial charge in [-0.15, -0.1) is 0 Å². The highest BCUT2D eigenvalue weighted by atomic mass is 19.4. The van der Waals surface area contributed by atoms with Gasteiger partial charge in [0.2, 0.25) is 11.7 Å². The minimum Gasteiger partial charge on any atom is -0.368 e. The zero-order valence-corrected chi connectivity index (χ0v) is 16.6. The Hall–Kier alpha value is -3.36. The molecule has 162 valence electrons. The number of hydrogen-bond donors (Lipinski definition) is 1. The van der Waals surface area contributed by atoms with Crippen molar-refractivity contribution in [1.82, 2.24) is 10.1 Å². The van der Waals surface area contributed by atoms with Crippen LogP contribution in [0.25, 0.3) is 11.4 Å². The summed E-state index contributed by atoms with van der Waals surface area (Å²) >= 11 is 0. The van der Waals surface area contributed by atoms with E-state index in [1.807, 2.05) is 35.2 Å². The second-order valence-corrected chi connectivity index (χ2v) is 7.60. The van der Waals surface area contributed by atoms with Gasteiger partial charge in [-0.25, -0.2) is 0 Å². The fourth-order valence-electron chi connectivity index (χ4n) is 4.14. The fraction of sp³-hybridized carbons (Fsp3) is 0.318. The summed E-state index contributed by atoms with van der Waals surface area (Å²) in [6.07, 6.45) is -1.94. The highest BCUT2D eigenvalue weighted by molar-refractivity contribution is 5.89. The number of carbonyl (C=O) groups excluding carboxylic acids is 1. The van der Waals surface area contributed by atoms with Crippen LogP contribution in [0, 0.1) is 0 Å². The molecule has 1 aliphatic rings. The third kappa shape index (κ3) is 4.12. The first-order chi connectivity index (χ1) is 14.8. The fourth-order valence-corrected chi connectivity index (χ4v) is 4.14. The van der Waals surface area contributed by atoms with Gasteiger partial charge in [0.05, 0.1) is 0 Å². The summed E-state index contributed by atoms with van der Waals surface area (Å²) in [5.74, 6) is -1.91. The molecular formula is C22H21F3N4O2. The maximum absolute atomic E-state index is 12.7. The van der Waals surface area contributed by atoms with Crippen LogP contribution in [-0.2, 0) is 17.4 Å². The number of anilines is 1. The summed E-state index contributed by atoms with van der Waals surface area (Å²) in [4.78, 5) is 18.0. The summed E-state index contributed by atoms with van der Waals surface area (Å²) in [5.41, 5.74) is 7.34. The number of carbonyl (C=O) groups is 1. The minimum atomic E-state index is -4.69. The topological polar surface area (TPSA) is 85.3 Å². The summed E-state index contributed by atoms with van der Waals surface area (Å²) in [6.45, 7) is 0.664. The van der Waals surface area contributed by atoms with Crippen molar-refractivity contribution in [1.29, 1.82) is 0 Å². The van der Waals surface area contributed by atoms with E-state index >= 15 is 0 Å². The molecule has 1 aliphatic heterocycles. The van der Waals surface area contributed by atoms with E-state index in [0.717, 1.165) is 17.7 Å². The number of primary amides is 1. The van der Waals surface area contributed by atoms with Gasteiger partial charge in [-0.05, 0) is 55.5 Å². The molecule has 0 spiro atoms. The Morgan fingerprint density at radius 2 is 1.84 bits per heavy atom. The summed E-state index contributed by atoms with van der Waals surface area (Å²) in [5, 5.41) is 3.41. The van der Waals surface area contributed by atoms with Crippen molar-refractivity contribution in [3.63, 3.8) is 0 Å². The number of halogens is 3. The smallest absolute Gasteiger partial charge is 0.368 e. The van der Waals surface area contributed by atoms with Crippen molar-refractivity contribution in [2.45, 2.75) is 37.4 Å². The Kier molecular flexibility index (Phi) is 5.43. The first-order valence-corrected chi connectivity index (χ1v) is 9.92. The minimum absolute atomic E-state index is 0.148. The van der Waals surface area contributed by atoms with Gasteiger partial charge in [-0.3, -0.25) is 4.79 Å². The van der Waals surface area contributed by atoms with Crippen LogP contribution in [0.4, 0.5) is 18.9 Å². The molecule has 1 saturated heterocycles.